The number of para-hydroxylation sites is 1. The molecule has 0 saturated carbocycles. The lowest BCUT2D eigenvalue weighted by atomic mass is 10.1. The van der Waals surface area contributed by atoms with Crippen LogP contribution in [0.3, 0.4) is 0 Å². The fraction of sp³-hybridized carbons (Fsp3) is 0.571. The summed E-state index contributed by atoms with van der Waals surface area (Å²) in [6.07, 6.45) is 0.683. The first-order chi connectivity index (χ1) is 8.09. The third-order valence-corrected chi connectivity index (χ3v) is 2.84. The van der Waals surface area contributed by atoms with E-state index in [-0.39, 0.29) is 0 Å². The van der Waals surface area contributed by atoms with Gasteiger partial charge in [-0.25, -0.2) is 0 Å². The second-order valence-electron chi connectivity index (χ2n) is 4.53. The van der Waals surface area contributed by atoms with Crippen LogP contribution >= 0.6 is 0 Å². The maximum absolute atomic E-state index is 9.91. The fourth-order valence-corrected chi connectivity index (χ4v) is 1.39. The molecular weight excluding hydrogens is 214 g/mol. The standard InChI is InChI=1S/C14H23NO2/c1-4-14(3,16)11-17-13-9-7-6-8-12(13)10-15-5-2/h6-9,15-16H,4-5,10-11H2,1-3H3. The van der Waals surface area contributed by atoms with E-state index in [0.717, 1.165) is 24.4 Å². The van der Waals surface area contributed by atoms with Gasteiger partial charge in [0.05, 0.1) is 5.60 Å². The molecule has 0 aliphatic heterocycles. The second-order valence-corrected chi connectivity index (χ2v) is 4.53. The van der Waals surface area contributed by atoms with Gasteiger partial charge >= 0.3 is 0 Å². The van der Waals surface area contributed by atoms with Gasteiger partial charge in [-0.05, 0) is 26.0 Å². The Morgan fingerprint density at radius 2 is 2.00 bits per heavy atom. The minimum atomic E-state index is -0.759. The molecule has 1 aromatic carbocycles. The molecule has 0 amide bonds. The molecule has 0 spiro atoms. The number of rotatable bonds is 7. The van der Waals surface area contributed by atoms with Crippen molar-refractivity contribution in [2.45, 2.75) is 39.3 Å². The zero-order valence-electron chi connectivity index (χ0n) is 11.0. The molecule has 1 unspecified atom stereocenters. The highest BCUT2D eigenvalue weighted by atomic mass is 16.5. The summed E-state index contributed by atoms with van der Waals surface area (Å²) in [5.74, 6) is 0.849. The van der Waals surface area contributed by atoms with Gasteiger partial charge in [0.1, 0.15) is 12.4 Å². The number of ether oxygens (including phenoxy) is 1. The molecule has 0 heterocycles. The highest BCUT2D eigenvalue weighted by Gasteiger charge is 2.18. The lowest BCUT2D eigenvalue weighted by molar-refractivity contribution is 0.00816. The number of hydrogen-bond acceptors (Lipinski definition) is 3. The Morgan fingerprint density at radius 1 is 1.29 bits per heavy atom. The zero-order chi connectivity index (χ0) is 12.7. The van der Waals surface area contributed by atoms with Crippen LogP contribution in [-0.2, 0) is 6.54 Å². The molecule has 0 bridgehead atoms. The van der Waals surface area contributed by atoms with Crippen LogP contribution in [0.4, 0.5) is 0 Å². The third-order valence-electron chi connectivity index (χ3n) is 2.84. The third kappa shape index (κ3) is 4.75. The van der Waals surface area contributed by atoms with Crippen molar-refractivity contribution >= 4 is 0 Å². The highest BCUT2D eigenvalue weighted by Crippen LogP contribution is 2.20. The van der Waals surface area contributed by atoms with E-state index in [4.69, 9.17) is 4.74 Å². The van der Waals surface area contributed by atoms with Crippen molar-refractivity contribution < 1.29 is 9.84 Å². The van der Waals surface area contributed by atoms with E-state index in [2.05, 4.69) is 12.2 Å². The molecule has 3 heteroatoms. The first-order valence-electron chi connectivity index (χ1n) is 6.23. The Labute approximate surface area is 104 Å². The van der Waals surface area contributed by atoms with Crippen LogP contribution in [0, 0.1) is 0 Å². The molecule has 1 rings (SSSR count). The van der Waals surface area contributed by atoms with Gasteiger partial charge in [-0.1, -0.05) is 32.0 Å². The normalized spacial score (nSPS) is 14.4. The van der Waals surface area contributed by atoms with Gasteiger partial charge < -0.3 is 15.2 Å². The molecule has 0 aliphatic carbocycles. The van der Waals surface area contributed by atoms with Gasteiger partial charge in [0.15, 0.2) is 0 Å². The molecule has 3 nitrogen and oxygen atoms in total. The molecule has 1 atom stereocenters. The summed E-state index contributed by atoms with van der Waals surface area (Å²) in [5.41, 5.74) is 0.368. The average molecular weight is 237 g/mol. The van der Waals surface area contributed by atoms with Crippen molar-refractivity contribution in [3.05, 3.63) is 29.8 Å². The molecule has 0 aliphatic rings. The van der Waals surface area contributed by atoms with Crippen molar-refractivity contribution in [3.8, 4) is 5.75 Å². The minimum Gasteiger partial charge on any atom is -0.490 e. The Hall–Kier alpha value is -1.06. The van der Waals surface area contributed by atoms with E-state index in [1.54, 1.807) is 6.92 Å². The summed E-state index contributed by atoms with van der Waals surface area (Å²) in [7, 11) is 0. The van der Waals surface area contributed by atoms with Crippen LogP contribution in [0.2, 0.25) is 0 Å². The van der Waals surface area contributed by atoms with Gasteiger partial charge in [-0.2, -0.15) is 0 Å². The van der Waals surface area contributed by atoms with Crippen LogP contribution in [0.1, 0.15) is 32.8 Å². The maximum Gasteiger partial charge on any atom is 0.123 e. The molecule has 2 N–H and O–H groups in total. The summed E-state index contributed by atoms with van der Waals surface area (Å²) in [6, 6.07) is 7.93. The Balaban J connectivity index is 2.63. The van der Waals surface area contributed by atoms with Gasteiger partial charge in [0.2, 0.25) is 0 Å². The van der Waals surface area contributed by atoms with Crippen LogP contribution in [0.5, 0.6) is 5.75 Å². The topological polar surface area (TPSA) is 41.5 Å². The molecule has 0 aromatic heterocycles. The van der Waals surface area contributed by atoms with Crippen molar-refractivity contribution in [1.82, 2.24) is 5.32 Å². The lowest BCUT2D eigenvalue weighted by Gasteiger charge is -2.22. The number of hydrogen-bond donors (Lipinski definition) is 2. The summed E-state index contributed by atoms with van der Waals surface area (Å²) in [4.78, 5) is 0. The Bertz CT molecular complexity index is 337. The fourth-order valence-electron chi connectivity index (χ4n) is 1.39. The molecule has 0 radical (unpaired) electrons. The molecule has 0 saturated heterocycles. The second kappa shape index (κ2) is 6.62. The van der Waals surface area contributed by atoms with Gasteiger partial charge in [0.25, 0.3) is 0 Å². The number of nitrogens with one attached hydrogen (secondary N) is 1. The molecule has 0 fully saturated rings. The molecule has 96 valence electrons. The van der Waals surface area contributed by atoms with E-state index < -0.39 is 5.60 Å². The van der Waals surface area contributed by atoms with E-state index in [9.17, 15) is 5.11 Å². The number of benzene rings is 1. The first kappa shape index (κ1) is 14.0. The lowest BCUT2D eigenvalue weighted by Crippen LogP contribution is -2.31. The average Bonchev–Trinajstić information content (AvgIpc) is 2.35. The van der Waals surface area contributed by atoms with Crippen molar-refractivity contribution in [2.75, 3.05) is 13.2 Å². The number of aliphatic hydroxyl groups is 1. The van der Waals surface area contributed by atoms with Crippen molar-refractivity contribution in [2.24, 2.45) is 0 Å². The molecular formula is C14H23NO2. The van der Waals surface area contributed by atoms with Gasteiger partial charge in [-0.15, -0.1) is 0 Å². The summed E-state index contributed by atoms with van der Waals surface area (Å²) >= 11 is 0. The molecule has 17 heavy (non-hydrogen) atoms. The van der Waals surface area contributed by atoms with E-state index in [1.165, 1.54) is 0 Å². The van der Waals surface area contributed by atoms with Gasteiger partial charge in [0, 0.05) is 12.1 Å². The largest absolute Gasteiger partial charge is 0.490 e. The van der Waals surface area contributed by atoms with E-state index in [0.29, 0.717) is 13.0 Å². The van der Waals surface area contributed by atoms with Crippen LogP contribution in [-0.4, -0.2) is 23.9 Å². The maximum atomic E-state index is 9.91. The van der Waals surface area contributed by atoms with E-state index in [1.807, 2.05) is 31.2 Å². The highest BCUT2D eigenvalue weighted by molar-refractivity contribution is 5.33. The van der Waals surface area contributed by atoms with Crippen molar-refractivity contribution in [3.63, 3.8) is 0 Å². The summed E-state index contributed by atoms with van der Waals surface area (Å²) in [5, 5.41) is 13.2. The van der Waals surface area contributed by atoms with Crippen LogP contribution in [0.15, 0.2) is 24.3 Å². The minimum absolute atomic E-state index is 0.326. The predicted molar refractivity (Wildman–Crippen MR) is 70.2 cm³/mol. The quantitative estimate of drug-likeness (QED) is 0.765. The SMILES string of the molecule is CCNCc1ccccc1OCC(C)(O)CC. The van der Waals surface area contributed by atoms with Gasteiger partial charge in [-0.3, -0.25) is 0 Å². The predicted octanol–water partition coefficient (Wildman–Crippen LogP) is 2.34. The Kier molecular flexibility index (Phi) is 5.45. The summed E-state index contributed by atoms with van der Waals surface area (Å²) in [6.45, 7) is 7.87. The smallest absolute Gasteiger partial charge is 0.123 e. The van der Waals surface area contributed by atoms with Crippen LogP contribution in [0.25, 0.3) is 0 Å². The first-order valence-corrected chi connectivity index (χ1v) is 6.23. The molecule has 1 aromatic rings. The monoisotopic (exact) mass is 237 g/mol. The van der Waals surface area contributed by atoms with E-state index >= 15 is 0 Å². The van der Waals surface area contributed by atoms with Crippen molar-refractivity contribution in [1.29, 1.82) is 0 Å². The van der Waals surface area contributed by atoms with Crippen LogP contribution < -0.4 is 10.1 Å². The zero-order valence-corrected chi connectivity index (χ0v) is 11.0. The summed E-state index contributed by atoms with van der Waals surface area (Å²) < 4.78 is 5.70. The Morgan fingerprint density at radius 3 is 2.65 bits per heavy atom.